The molecule has 5 heteroatoms. The number of nitrogens with two attached hydrogens (primary N) is 1. The molecule has 1 aromatic rings. The van der Waals surface area contributed by atoms with Crippen LogP contribution in [0.15, 0.2) is 4.63 Å². The molecule has 17 heavy (non-hydrogen) atoms. The molecule has 1 saturated carbocycles. The van der Waals surface area contributed by atoms with Crippen LogP contribution in [0.1, 0.15) is 49.9 Å². The molecule has 0 amide bonds. The van der Waals surface area contributed by atoms with Crippen molar-refractivity contribution in [2.45, 2.75) is 57.6 Å². The predicted molar refractivity (Wildman–Crippen MR) is 63.3 cm³/mol. The Hall–Kier alpha value is -0.940. The van der Waals surface area contributed by atoms with Crippen LogP contribution < -0.4 is 5.73 Å². The quantitative estimate of drug-likeness (QED) is 0.813. The fourth-order valence-corrected chi connectivity index (χ4v) is 2.31. The lowest BCUT2D eigenvalue weighted by molar-refractivity contribution is 0.0630. The summed E-state index contributed by atoms with van der Waals surface area (Å²) in [5.41, 5.74) is 7.76. The summed E-state index contributed by atoms with van der Waals surface area (Å²) in [5, 5.41) is 7.50. The van der Waals surface area contributed by atoms with Gasteiger partial charge in [-0.3, -0.25) is 0 Å². The molecule has 1 heterocycles. The van der Waals surface area contributed by atoms with Crippen LogP contribution in [0.4, 0.5) is 0 Å². The van der Waals surface area contributed by atoms with Gasteiger partial charge < -0.3 is 10.5 Å². The normalized spacial score (nSPS) is 20.1. The second-order valence-electron chi connectivity index (χ2n) is 5.07. The Bertz CT molecular complexity index is 343. The van der Waals surface area contributed by atoms with E-state index in [0.717, 1.165) is 24.2 Å². The molecule has 1 aliphatic carbocycles. The zero-order chi connectivity index (χ0) is 12.1. The molecular formula is C12H21N3O2. The van der Waals surface area contributed by atoms with E-state index in [-0.39, 0.29) is 5.54 Å². The molecule has 0 aromatic carbocycles. The summed E-state index contributed by atoms with van der Waals surface area (Å²) in [5.74, 6) is 0. The van der Waals surface area contributed by atoms with Crippen molar-refractivity contribution in [3.05, 3.63) is 11.4 Å². The van der Waals surface area contributed by atoms with E-state index in [1.807, 2.05) is 6.92 Å². The molecule has 5 nitrogen and oxygen atoms in total. The van der Waals surface area contributed by atoms with E-state index in [9.17, 15) is 0 Å². The van der Waals surface area contributed by atoms with E-state index in [1.54, 1.807) is 0 Å². The molecule has 0 radical (unpaired) electrons. The highest BCUT2D eigenvalue weighted by atomic mass is 16.6. The number of hydrogen-bond donors (Lipinski definition) is 1. The first kappa shape index (κ1) is 12.5. The van der Waals surface area contributed by atoms with Gasteiger partial charge in [-0.05, 0) is 19.8 Å². The summed E-state index contributed by atoms with van der Waals surface area (Å²) in [6.45, 7) is 2.90. The fourth-order valence-electron chi connectivity index (χ4n) is 2.31. The van der Waals surface area contributed by atoms with Gasteiger partial charge in [-0.2, -0.15) is 0 Å². The van der Waals surface area contributed by atoms with Crippen molar-refractivity contribution in [1.82, 2.24) is 10.3 Å². The van der Waals surface area contributed by atoms with Crippen LogP contribution in [0.3, 0.4) is 0 Å². The van der Waals surface area contributed by atoms with Gasteiger partial charge >= 0.3 is 0 Å². The summed E-state index contributed by atoms with van der Waals surface area (Å²) in [4.78, 5) is 0. The van der Waals surface area contributed by atoms with Gasteiger partial charge in [0.2, 0.25) is 0 Å². The van der Waals surface area contributed by atoms with Crippen LogP contribution in [0.2, 0.25) is 0 Å². The number of hydrogen-bond acceptors (Lipinski definition) is 5. The molecule has 0 saturated heterocycles. The minimum atomic E-state index is -0.151. The molecule has 0 unspecified atom stereocenters. The standard InChI is InChI=1S/C12H21N3O2/c1-10-11(15-17-14-10)8-16-9-12(13)6-4-2-3-5-7-12/h2-9,13H2,1H3. The third kappa shape index (κ3) is 3.51. The van der Waals surface area contributed by atoms with E-state index in [2.05, 4.69) is 14.9 Å². The molecule has 0 atom stereocenters. The number of rotatable bonds is 4. The monoisotopic (exact) mass is 239 g/mol. The maximum absolute atomic E-state index is 6.35. The fraction of sp³-hybridized carbons (Fsp3) is 0.833. The van der Waals surface area contributed by atoms with Gasteiger partial charge in [0.25, 0.3) is 0 Å². The van der Waals surface area contributed by atoms with Gasteiger partial charge in [0, 0.05) is 5.54 Å². The second-order valence-corrected chi connectivity index (χ2v) is 5.07. The summed E-state index contributed by atoms with van der Waals surface area (Å²) < 4.78 is 10.3. The van der Waals surface area contributed by atoms with Gasteiger partial charge in [-0.1, -0.05) is 36.0 Å². The van der Waals surface area contributed by atoms with Crippen LogP contribution in [0.25, 0.3) is 0 Å². The first-order chi connectivity index (χ1) is 8.20. The smallest absolute Gasteiger partial charge is 0.133 e. The van der Waals surface area contributed by atoms with Crippen molar-refractivity contribution >= 4 is 0 Å². The van der Waals surface area contributed by atoms with Crippen LogP contribution in [0, 0.1) is 6.92 Å². The predicted octanol–water partition coefficient (Wildman–Crippen LogP) is 1.95. The van der Waals surface area contributed by atoms with Crippen LogP contribution in [-0.4, -0.2) is 22.5 Å². The lowest BCUT2D eigenvalue weighted by atomic mass is 9.93. The van der Waals surface area contributed by atoms with E-state index in [4.69, 9.17) is 10.5 Å². The van der Waals surface area contributed by atoms with Crippen molar-refractivity contribution in [3.8, 4) is 0 Å². The number of ether oxygens (including phenoxy) is 1. The van der Waals surface area contributed by atoms with Gasteiger partial charge in [0.1, 0.15) is 11.4 Å². The lowest BCUT2D eigenvalue weighted by Gasteiger charge is -2.27. The highest BCUT2D eigenvalue weighted by molar-refractivity contribution is 5.02. The molecule has 1 fully saturated rings. The van der Waals surface area contributed by atoms with Crippen molar-refractivity contribution < 1.29 is 9.37 Å². The molecular weight excluding hydrogens is 218 g/mol. The Labute approximate surface area is 102 Å². The zero-order valence-electron chi connectivity index (χ0n) is 10.4. The third-order valence-electron chi connectivity index (χ3n) is 3.47. The molecule has 1 aliphatic rings. The molecule has 2 N–H and O–H groups in total. The SMILES string of the molecule is Cc1nonc1COCC1(N)CCCCCC1. The zero-order valence-corrected chi connectivity index (χ0v) is 10.4. The average Bonchev–Trinajstić information content (AvgIpc) is 2.58. The van der Waals surface area contributed by atoms with E-state index in [1.165, 1.54) is 25.7 Å². The summed E-state index contributed by atoms with van der Waals surface area (Å²) in [7, 11) is 0. The van der Waals surface area contributed by atoms with Crippen molar-refractivity contribution in [2.24, 2.45) is 5.73 Å². The van der Waals surface area contributed by atoms with E-state index in [0.29, 0.717) is 13.2 Å². The lowest BCUT2D eigenvalue weighted by Crippen LogP contribution is -2.43. The number of nitrogens with zero attached hydrogens (tertiary/aromatic N) is 2. The first-order valence-corrected chi connectivity index (χ1v) is 6.34. The molecule has 2 rings (SSSR count). The summed E-state index contributed by atoms with van der Waals surface area (Å²) >= 11 is 0. The van der Waals surface area contributed by atoms with Crippen LogP contribution in [0.5, 0.6) is 0 Å². The van der Waals surface area contributed by atoms with E-state index >= 15 is 0 Å². The summed E-state index contributed by atoms with van der Waals surface area (Å²) in [6.07, 6.45) is 7.14. The molecule has 1 aromatic heterocycles. The Balaban J connectivity index is 1.79. The Morgan fingerprint density at radius 2 is 1.94 bits per heavy atom. The van der Waals surface area contributed by atoms with Crippen molar-refractivity contribution in [2.75, 3.05) is 6.61 Å². The van der Waals surface area contributed by atoms with Gasteiger partial charge in [0.05, 0.1) is 13.2 Å². The van der Waals surface area contributed by atoms with Crippen molar-refractivity contribution in [1.29, 1.82) is 0 Å². The number of aromatic nitrogens is 2. The largest absolute Gasteiger partial charge is 0.373 e. The third-order valence-corrected chi connectivity index (χ3v) is 3.47. The van der Waals surface area contributed by atoms with E-state index < -0.39 is 0 Å². The Morgan fingerprint density at radius 3 is 2.53 bits per heavy atom. The Kier molecular flexibility index (Phi) is 4.12. The first-order valence-electron chi connectivity index (χ1n) is 6.34. The summed E-state index contributed by atoms with van der Waals surface area (Å²) in [6, 6.07) is 0. The van der Waals surface area contributed by atoms with Gasteiger partial charge in [-0.25, -0.2) is 4.63 Å². The van der Waals surface area contributed by atoms with Gasteiger partial charge in [-0.15, -0.1) is 0 Å². The highest BCUT2D eigenvalue weighted by Gasteiger charge is 2.26. The Morgan fingerprint density at radius 1 is 1.24 bits per heavy atom. The molecule has 0 spiro atoms. The maximum atomic E-state index is 6.35. The van der Waals surface area contributed by atoms with Crippen LogP contribution >= 0.6 is 0 Å². The average molecular weight is 239 g/mol. The highest BCUT2D eigenvalue weighted by Crippen LogP contribution is 2.25. The minimum Gasteiger partial charge on any atom is -0.373 e. The minimum absolute atomic E-state index is 0.151. The molecule has 0 aliphatic heterocycles. The number of aryl methyl sites for hydroxylation is 1. The topological polar surface area (TPSA) is 74.2 Å². The van der Waals surface area contributed by atoms with Gasteiger partial charge in [0.15, 0.2) is 0 Å². The maximum Gasteiger partial charge on any atom is 0.133 e. The molecule has 0 bridgehead atoms. The second kappa shape index (κ2) is 5.60. The van der Waals surface area contributed by atoms with Crippen LogP contribution in [-0.2, 0) is 11.3 Å². The van der Waals surface area contributed by atoms with Crippen molar-refractivity contribution in [3.63, 3.8) is 0 Å². The molecule has 96 valence electrons.